The number of carbonyl (C=O) groups excluding carboxylic acids is 2. The summed E-state index contributed by atoms with van der Waals surface area (Å²) in [5.74, 6) is -0.619. The third-order valence-corrected chi connectivity index (χ3v) is 4.46. The summed E-state index contributed by atoms with van der Waals surface area (Å²) < 4.78 is 0. The normalized spacial score (nSPS) is 17.4. The molecule has 1 heterocycles. The molecule has 0 saturated carbocycles. The van der Waals surface area contributed by atoms with Gasteiger partial charge in [-0.05, 0) is 30.2 Å². The van der Waals surface area contributed by atoms with E-state index in [-0.39, 0.29) is 24.2 Å². The number of likely N-dealkylation sites (tertiary alicyclic amines) is 1. The lowest BCUT2D eigenvalue weighted by molar-refractivity contribution is -0.129. The standard InChI is InChI=1S/C20H22N4O2/c1-14(16-7-9-18(21)10-8-16)22-23-20(26)17-11-19(25)24(13-17)12-15-5-3-2-4-6-15/h2-10,17H,11-13,21H2,1H3,(H,23,26)/b22-14+. The van der Waals surface area contributed by atoms with Crippen LogP contribution in [-0.2, 0) is 16.1 Å². The Labute approximate surface area is 152 Å². The first-order chi connectivity index (χ1) is 12.5. The predicted octanol–water partition coefficient (Wildman–Crippen LogP) is 2.16. The van der Waals surface area contributed by atoms with Crippen molar-refractivity contribution in [3.63, 3.8) is 0 Å². The lowest BCUT2D eigenvalue weighted by Crippen LogP contribution is -2.30. The molecular weight excluding hydrogens is 328 g/mol. The second kappa shape index (κ2) is 7.82. The van der Waals surface area contributed by atoms with Crippen LogP contribution in [0.15, 0.2) is 59.7 Å². The minimum absolute atomic E-state index is 0.00626. The number of hydrazone groups is 1. The lowest BCUT2D eigenvalue weighted by atomic mass is 10.1. The van der Waals surface area contributed by atoms with Crippen LogP contribution in [-0.4, -0.2) is 29.0 Å². The Hall–Kier alpha value is -3.15. The number of benzene rings is 2. The monoisotopic (exact) mass is 350 g/mol. The summed E-state index contributed by atoms with van der Waals surface area (Å²) in [6, 6.07) is 17.0. The van der Waals surface area contributed by atoms with Crippen molar-refractivity contribution in [3.8, 4) is 0 Å². The van der Waals surface area contributed by atoms with Crippen LogP contribution >= 0.6 is 0 Å². The zero-order valence-electron chi connectivity index (χ0n) is 14.7. The van der Waals surface area contributed by atoms with E-state index in [1.165, 1.54) is 0 Å². The number of anilines is 1. The maximum Gasteiger partial charge on any atom is 0.245 e. The summed E-state index contributed by atoms with van der Waals surface area (Å²) in [7, 11) is 0. The molecule has 3 rings (SSSR count). The highest BCUT2D eigenvalue weighted by Crippen LogP contribution is 2.20. The Balaban J connectivity index is 1.57. The number of nitrogens with two attached hydrogens (primary N) is 1. The average molecular weight is 350 g/mol. The van der Waals surface area contributed by atoms with Gasteiger partial charge in [0.25, 0.3) is 0 Å². The highest BCUT2D eigenvalue weighted by molar-refractivity contribution is 5.99. The maximum atomic E-state index is 12.4. The van der Waals surface area contributed by atoms with Crippen molar-refractivity contribution in [2.45, 2.75) is 19.9 Å². The molecule has 0 bridgehead atoms. The number of hydrogen-bond donors (Lipinski definition) is 2. The van der Waals surface area contributed by atoms with Gasteiger partial charge in [0.15, 0.2) is 0 Å². The van der Waals surface area contributed by atoms with E-state index in [0.717, 1.165) is 11.1 Å². The van der Waals surface area contributed by atoms with E-state index < -0.39 is 0 Å². The molecule has 1 atom stereocenters. The molecular formula is C20H22N4O2. The quantitative estimate of drug-likeness (QED) is 0.492. The number of hydrogen-bond acceptors (Lipinski definition) is 4. The first kappa shape index (κ1) is 17.7. The zero-order valence-corrected chi connectivity index (χ0v) is 14.7. The van der Waals surface area contributed by atoms with Crippen molar-refractivity contribution >= 4 is 23.2 Å². The molecule has 2 amide bonds. The van der Waals surface area contributed by atoms with Gasteiger partial charge < -0.3 is 10.6 Å². The zero-order chi connectivity index (χ0) is 18.5. The molecule has 2 aromatic rings. The molecule has 1 saturated heterocycles. The molecule has 1 unspecified atom stereocenters. The van der Waals surface area contributed by atoms with E-state index in [9.17, 15) is 9.59 Å². The van der Waals surface area contributed by atoms with Gasteiger partial charge in [-0.3, -0.25) is 9.59 Å². The van der Waals surface area contributed by atoms with Crippen molar-refractivity contribution in [1.82, 2.24) is 10.3 Å². The van der Waals surface area contributed by atoms with Gasteiger partial charge in [0, 0.05) is 25.2 Å². The number of nitrogen functional groups attached to an aromatic ring is 1. The maximum absolute atomic E-state index is 12.4. The largest absolute Gasteiger partial charge is 0.399 e. The fourth-order valence-corrected chi connectivity index (χ4v) is 2.92. The number of carbonyl (C=O) groups is 2. The van der Waals surface area contributed by atoms with Crippen LogP contribution in [0.5, 0.6) is 0 Å². The van der Waals surface area contributed by atoms with Crippen LogP contribution in [0.3, 0.4) is 0 Å². The number of nitrogens with one attached hydrogen (secondary N) is 1. The number of rotatable bonds is 5. The number of nitrogens with zero attached hydrogens (tertiary/aromatic N) is 2. The fraction of sp³-hybridized carbons (Fsp3) is 0.250. The molecule has 3 N–H and O–H groups in total. The van der Waals surface area contributed by atoms with Crippen LogP contribution in [0.25, 0.3) is 0 Å². The van der Waals surface area contributed by atoms with E-state index in [1.54, 1.807) is 17.0 Å². The minimum atomic E-state index is -0.380. The van der Waals surface area contributed by atoms with Gasteiger partial charge in [-0.15, -0.1) is 0 Å². The third-order valence-electron chi connectivity index (χ3n) is 4.46. The fourth-order valence-electron chi connectivity index (χ4n) is 2.92. The Morgan fingerprint density at radius 1 is 1.19 bits per heavy atom. The van der Waals surface area contributed by atoms with Gasteiger partial charge >= 0.3 is 0 Å². The summed E-state index contributed by atoms with van der Waals surface area (Å²) in [6.45, 7) is 2.75. The summed E-state index contributed by atoms with van der Waals surface area (Å²) >= 11 is 0. The van der Waals surface area contributed by atoms with Crippen LogP contribution in [0.1, 0.15) is 24.5 Å². The topological polar surface area (TPSA) is 87.8 Å². The molecule has 0 radical (unpaired) electrons. The van der Waals surface area contributed by atoms with Crippen molar-refractivity contribution in [2.75, 3.05) is 12.3 Å². The Bertz CT molecular complexity index is 815. The van der Waals surface area contributed by atoms with Crippen molar-refractivity contribution in [3.05, 3.63) is 65.7 Å². The Kier molecular flexibility index (Phi) is 5.31. The van der Waals surface area contributed by atoms with Gasteiger partial charge in [0.1, 0.15) is 0 Å². The molecule has 1 aliphatic heterocycles. The van der Waals surface area contributed by atoms with Crippen LogP contribution < -0.4 is 11.2 Å². The minimum Gasteiger partial charge on any atom is -0.399 e. The van der Waals surface area contributed by atoms with Crippen molar-refractivity contribution in [2.24, 2.45) is 11.0 Å². The van der Waals surface area contributed by atoms with Gasteiger partial charge in [-0.2, -0.15) is 5.10 Å². The van der Waals surface area contributed by atoms with E-state index in [0.29, 0.717) is 24.5 Å². The highest BCUT2D eigenvalue weighted by atomic mass is 16.2. The van der Waals surface area contributed by atoms with Crippen molar-refractivity contribution in [1.29, 1.82) is 0 Å². The first-order valence-corrected chi connectivity index (χ1v) is 8.54. The second-order valence-corrected chi connectivity index (χ2v) is 6.46. The first-order valence-electron chi connectivity index (χ1n) is 8.54. The summed E-state index contributed by atoms with van der Waals surface area (Å²) in [5.41, 5.74) is 11.5. The van der Waals surface area contributed by atoms with Crippen molar-refractivity contribution < 1.29 is 9.59 Å². The number of amides is 2. The Morgan fingerprint density at radius 2 is 1.88 bits per heavy atom. The summed E-state index contributed by atoms with van der Waals surface area (Å²) in [6.07, 6.45) is 0.217. The lowest BCUT2D eigenvalue weighted by Gasteiger charge is -2.16. The molecule has 26 heavy (non-hydrogen) atoms. The summed E-state index contributed by atoms with van der Waals surface area (Å²) in [4.78, 5) is 26.3. The van der Waals surface area contributed by atoms with Crippen LogP contribution in [0.2, 0.25) is 0 Å². The van der Waals surface area contributed by atoms with E-state index in [1.807, 2.05) is 49.4 Å². The predicted molar refractivity (Wildman–Crippen MR) is 101 cm³/mol. The summed E-state index contributed by atoms with van der Waals surface area (Å²) in [5, 5.41) is 4.15. The SMILES string of the molecule is C/C(=N\NC(=O)C1CC(=O)N(Cc2ccccc2)C1)c1ccc(N)cc1. The van der Waals surface area contributed by atoms with Gasteiger partial charge in [-0.1, -0.05) is 42.5 Å². The molecule has 6 nitrogen and oxygen atoms in total. The molecule has 1 aliphatic rings. The Morgan fingerprint density at radius 3 is 2.58 bits per heavy atom. The molecule has 0 aromatic heterocycles. The van der Waals surface area contributed by atoms with Crippen LogP contribution in [0.4, 0.5) is 5.69 Å². The molecule has 6 heteroatoms. The molecule has 0 spiro atoms. The highest BCUT2D eigenvalue weighted by Gasteiger charge is 2.34. The van der Waals surface area contributed by atoms with Crippen LogP contribution in [0, 0.1) is 5.92 Å². The molecule has 134 valence electrons. The molecule has 0 aliphatic carbocycles. The average Bonchev–Trinajstić information content (AvgIpc) is 3.01. The van der Waals surface area contributed by atoms with E-state index in [4.69, 9.17) is 5.73 Å². The van der Waals surface area contributed by atoms with E-state index in [2.05, 4.69) is 10.5 Å². The smallest absolute Gasteiger partial charge is 0.245 e. The third kappa shape index (κ3) is 4.27. The second-order valence-electron chi connectivity index (χ2n) is 6.46. The molecule has 1 fully saturated rings. The molecule has 2 aromatic carbocycles. The van der Waals surface area contributed by atoms with Gasteiger partial charge in [0.2, 0.25) is 11.8 Å². The van der Waals surface area contributed by atoms with Gasteiger partial charge in [0.05, 0.1) is 11.6 Å². The van der Waals surface area contributed by atoms with E-state index >= 15 is 0 Å². The van der Waals surface area contributed by atoms with Gasteiger partial charge in [-0.25, -0.2) is 5.43 Å².